The Balaban J connectivity index is 1.82. The van der Waals surface area contributed by atoms with Gasteiger partial charge in [0.2, 0.25) is 0 Å². The Morgan fingerprint density at radius 1 is 0.741 bits per heavy atom. The summed E-state index contributed by atoms with van der Waals surface area (Å²) < 4.78 is 0. The maximum Gasteiger partial charge on any atom is 0.335 e. The monoisotopic (exact) mass is 390 g/mol. The predicted octanol–water partition coefficient (Wildman–Crippen LogP) is 5.05. The lowest BCUT2D eigenvalue weighted by Crippen LogP contribution is -2.63. The maximum absolute atomic E-state index is 11.2. The Kier molecular flexibility index (Phi) is 4.16. The minimum absolute atomic E-state index is 0.337. The molecule has 0 saturated carbocycles. The van der Waals surface area contributed by atoms with Crippen LogP contribution in [0.25, 0.3) is 21.9 Å². The highest BCUT2D eigenvalue weighted by Crippen LogP contribution is 2.29. The van der Waals surface area contributed by atoms with E-state index in [1.165, 1.54) is 23.2 Å². The number of aromatic carboxylic acids is 1. The van der Waals surface area contributed by atoms with Crippen molar-refractivity contribution in [3.8, 4) is 11.1 Å². The molecule has 0 fully saturated rings. The van der Waals surface area contributed by atoms with Crippen molar-refractivity contribution < 1.29 is 9.90 Å². The van der Waals surface area contributed by atoms with Crippen LogP contribution in [0.15, 0.2) is 54.6 Å². The van der Waals surface area contributed by atoms with Gasteiger partial charge in [-0.3, -0.25) is 0 Å². The second-order valence-electron chi connectivity index (χ2n) is 9.11. The molecule has 1 heterocycles. The van der Waals surface area contributed by atoms with Crippen LogP contribution in [0.4, 0.5) is 0 Å². The van der Waals surface area contributed by atoms with Gasteiger partial charge in [-0.15, -0.1) is 0 Å². The van der Waals surface area contributed by atoms with Gasteiger partial charge in [-0.2, -0.15) is 0 Å². The first-order chi connectivity index (χ1) is 12.7. The van der Waals surface area contributed by atoms with Crippen molar-refractivity contribution in [1.82, 2.24) is 0 Å². The molecule has 138 valence electrons. The number of benzene rings is 3. The summed E-state index contributed by atoms with van der Waals surface area (Å²) in [5.41, 5.74) is 2.83. The molecular weight excluding hydrogens is 364 g/mol. The van der Waals surface area contributed by atoms with Crippen LogP contribution in [0.2, 0.25) is 38.3 Å². The third kappa shape index (κ3) is 3.17. The molecular formula is C23H26O2Si2. The molecule has 0 atom stereocenters. The largest absolute Gasteiger partial charge is 0.478 e. The number of fused-ring (bicyclic) bond motifs is 2. The molecule has 0 radical (unpaired) electrons. The zero-order valence-corrected chi connectivity index (χ0v) is 18.5. The van der Waals surface area contributed by atoms with Crippen molar-refractivity contribution in [2.24, 2.45) is 0 Å². The van der Waals surface area contributed by atoms with Gasteiger partial charge in [0.15, 0.2) is 0 Å². The van der Waals surface area contributed by atoms with E-state index in [4.69, 9.17) is 0 Å². The average molecular weight is 391 g/mol. The molecule has 0 amide bonds. The Morgan fingerprint density at radius 2 is 1.30 bits per heavy atom. The number of rotatable bonds is 2. The lowest BCUT2D eigenvalue weighted by atomic mass is 10.00. The van der Waals surface area contributed by atoms with Crippen LogP contribution in [0.3, 0.4) is 0 Å². The smallest absolute Gasteiger partial charge is 0.335 e. The van der Waals surface area contributed by atoms with Gasteiger partial charge in [-0.05, 0) is 40.1 Å². The Morgan fingerprint density at radius 3 is 2.00 bits per heavy atom. The van der Waals surface area contributed by atoms with E-state index < -0.39 is 22.1 Å². The fourth-order valence-electron chi connectivity index (χ4n) is 4.33. The standard InChI is InChI=1S/C23H26O2Si2/c1-26(2)11-12-27(3,4)22-15-19(9-10-21(22)26)17-5-6-18-14-20(23(24)25)8-7-16(18)13-17/h5-10,13-15H,11-12H2,1-4H3,(H,24,25). The van der Waals surface area contributed by atoms with E-state index in [0.29, 0.717) is 5.56 Å². The van der Waals surface area contributed by atoms with E-state index in [9.17, 15) is 9.90 Å². The van der Waals surface area contributed by atoms with E-state index in [0.717, 1.165) is 10.8 Å². The first kappa shape index (κ1) is 18.2. The first-order valence-electron chi connectivity index (χ1n) is 9.60. The van der Waals surface area contributed by atoms with Gasteiger partial charge in [-0.1, -0.05) is 85.0 Å². The zero-order chi connectivity index (χ0) is 19.4. The van der Waals surface area contributed by atoms with E-state index in [1.54, 1.807) is 22.5 Å². The van der Waals surface area contributed by atoms with Crippen LogP contribution in [-0.4, -0.2) is 27.2 Å². The van der Waals surface area contributed by atoms with Gasteiger partial charge < -0.3 is 5.11 Å². The quantitative estimate of drug-likeness (QED) is 0.622. The molecule has 0 aromatic heterocycles. The van der Waals surface area contributed by atoms with Crippen LogP contribution in [0, 0.1) is 0 Å². The molecule has 1 aliphatic heterocycles. The van der Waals surface area contributed by atoms with Crippen LogP contribution >= 0.6 is 0 Å². The van der Waals surface area contributed by atoms with Crippen molar-refractivity contribution in [2.75, 3.05) is 0 Å². The minimum atomic E-state index is -1.37. The topological polar surface area (TPSA) is 37.3 Å². The summed E-state index contributed by atoms with van der Waals surface area (Å²) in [6.45, 7) is 10.0. The van der Waals surface area contributed by atoms with Gasteiger partial charge in [-0.25, -0.2) is 4.79 Å². The SMILES string of the molecule is C[Si]1(C)CC[Si](C)(C)c2cc(-c3ccc4cc(C(=O)O)ccc4c3)ccc21. The van der Waals surface area contributed by atoms with E-state index >= 15 is 0 Å². The van der Waals surface area contributed by atoms with Crippen molar-refractivity contribution >= 4 is 43.3 Å². The van der Waals surface area contributed by atoms with Crippen LogP contribution in [0.1, 0.15) is 10.4 Å². The van der Waals surface area contributed by atoms with Gasteiger partial charge >= 0.3 is 5.97 Å². The maximum atomic E-state index is 11.2. The Bertz CT molecular complexity index is 1070. The van der Waals surface area contributed by atoms with E-state index in [1.807, 2.05) is 12.1 Å². The van der Waals surface area contributed by atoms with Gasteiger partial charge in [0.25, 0.3) is 0 Å². The molecule has 0 bridgehead atoms. The molecule has 0 spiro atoms. The molecule has 0 unspecified atom stereocenters. The summed E-state index contributed by atoms with van der Waals surface area (Å²) in [5.74, 6) is -0.880. The van der Waals surface area contributed by atoms with E-state index in [2.05, 4.69) is 56.5 Å². The minimum Gasteiger partial charge on any atom is -0.478 e. The molecule has 1 aliphatic rings. The Hall–Kier alpha value is -2.18. The fraction of sp³-hybridized carbons (Fsp3) is 0.261. The second kappa shape index (κ2) is 6.18. The van der Waals surface area contributed by atoms with Crippen LogP contribution < -0.4 is 10.4 Å². The second-order valence-corrected chi connectivity index (χ2v) is 18.7. The number of hydrogen-bond donors (Lipinski definition) is 1. The third-order valence-corrected chi connectivity index (χ3v) is 13.8. The zero-order valence-electron chi connectivity index (χ0n) is 16.5. The summed E-state index contributed by atoms with van der Waals surface area (Å²) in [7, 11) is -2.67. The molecule has 3 aromatic rings. The number of carbonyl (C=O) groups is 1. The fourth-order valence-corrected chi connectivity index (χ4v) is 14.6. The van der Waals surface area contributed by atoms with Crippen molar-refractivity contribution in [1.29, 1.82) is 0 Å². The highest BCUT2D eigenvalue weighted by molar-refractivity contribution is 7.03. The number of hydrogen-bond acceptors (Lipinski definition) is 1. The highest BCUT2D eigenvalue weighted by atomic mass is 28.3. The molecule has 0 saturated heterocycles. The highest BCUT2D eigenvalue weighted by Gasteiger charge is 2.39. The molecule has 3 aromatic carbocycles. The summed E-state index contributed by atoms with van der Waals surface area (Å²) in [4.78, 5) is 11.2. The first-order valence-corrected chi connectivity index (χ1v) is 16.0. The summed E-state index contributed by atoms with van der Waals surface area (Å²) in [5, 5.41) is 14.6. The van der Waals surface area contributed by atoms with Gasteiger partial charge in [0.1, 0.15) is 0 Å². The molecule has 1 N–H and O–H groups in total. The summed E-state index contributed by atoms with van der Waals surface area (Å²) in [6.07, 6.45) is 0. The molecule has 0 aliphatic carbocycles. The summed E-state index contributed by atoms with van der Waals surface area (Å²) >= 11 is 0. The van der Waals surface area contributed by atoms with Crippen LogP contribution in [0.5, 0.6) is 0 Å². The Labute approximate surface area is 162 Å². The van der Waals surface area contributed by atoms with Crippen LogP contribution in [-0.2, 0) is 0 Å². The average Bonchev–Trinajstić information content (AvgIpc) is 2.64. The lowest BCUT2D eigenvalue weighted by Gasteiger charge is -2.39. The van der Waals surface area contributed by atoms with Crippen molar-refractivity contribution in [3.63, 3.8) is 0 Å². The van der Waals surface area contributed by atoms with E-state index in [-0.39, 0.29) is 0 Å². The third-order valence-electron chi connectivity index (χ3n) is 6.27. The molecule has 27 heavy (non-hydrogen) atoms. The number of carboxylic acid groups (broad SMARTS) is 1. The van der Waals surface area contributed by atoms with Crippen molar-refractivity contribution in [2.45, 2.75) is 38.3 Å². The molecule has 4 heteroatoms. The molecule has 2 nitrogen and oxygen atoms in total. The predicted molar refractivity (Wildman–Crippen MR) is 120 cm³/mol. The molecule has 4 rings (SSSR count). The summed E-state index contributed by atoms with van der Waals surface area (Å²) in [6, 6.07) is 21.7. The number of carboxylic acids is 1. The van der Waals surface area contributed by atoms with Crippen molar-refractivity contribution in [3.05, 3.63) is 60.2 Å². The van der Waals surface area contributed by atoms with Gasteiger partial charge in [0.05, 0.1) is 21.7 Å². The normalized spacial score (nSPS) is 17.5. The van der Waals surface area contributed by atoms with Gasteiger partial charge in [0, 0.05) is 0 Å². The lowest BCUT2D eigenvalue weighted by molar-refractivity contribution is 0.0697.